The molecule has 14 nitrogen and oxygen atoms in total. The molecule has 2 aromatic carbocycles. The maximum absolute atomic E-state index is 15.3. The van der Waals surface area contributed by atoms with Gasteiger partial charge in [0.2, 0.25) is 4.87 Å². The van der Waals surface area contributed by atoms with E-state index in [1.165, 1.54) is 49.5 Å². The molecular formula is C33H36N6O8S3. The van der Waals surface area contributed by atoms with Crippen LogP contribution in [0.15, 0.2) is 48.5 Å². The van der Waals surface area contributed by atoms with E-state index >= 15 is 9.59 Å². The SMILES string of the molecule is CO[C@]12C(=O)N(C)[C@@H](CO)C(=O)N1[C@H]1Nc3ccccc3[C@@]1([C@@]13c4ccccc4N[C@@H]1N1C(=O)[C@@]4(C(C)C)SSS[C@@]1(C(=O)N4C)[C@@H]3O)[C@@H]2O. The molecule has 0 aromatic heterocycles. The van der Waals surface area contributed by atoms with Gasteiger partial charge in [-0.05, 0) is 60.6 Å². The number of benzene rings is 2. The van der Waals surface area contributed by atoms with Crippen molar-refractivity contribution in [1.29, 1.82) is 0 Å². The maximum atomic E-state index is 15.3. The number of carbonyl (C=O) groups excluding carboxylic acids is 4. The normalized spacial score (nSPS) is 42.2. The molecule has 1 spiro atoms. The lowest BCUT2D eigenvalue weighted by atomic mass is 9.51. The number of amides is 4. The minimum Gasteiger partial charge on any atom is -0.394 e. The van der Waals surface area contributed by atoms with Gasteiger partial charge < -0.3 is 40.5 Å². The van der Waals surface area contributed by atoms with Gasteiger partial charge in [0.05, 0.1) is 17.4 Å². The van der Waals surface area contributed by atoms with Gasteiger partial charge in [0.25, 0.3) is 29.4 Å². The van der Waals surface area contributed by atoms with E-state index in [2.05, 4.69) is 10.6 Å². The lowest BCUT2D eigenvalue weighted by Crippen LogP contribution is -2.75. The van der Waals surface area contributed by atoms with E-state index < -0.39 is 81.2 Å². The van der Waals surface area contributed by atoms with Crippen LogP contribution in [0.5, 0.6) is 0 Å². The van der Waals surface area contributed by atoms with Crippen LogP contribution in [0.2, 0.25) is 0 Å². The first-order valence-electron chi connectivity index (χ1n) is 16.3. The molecule has 8 heterocycles. The predicted molar refractivity (Wildman–Crippen MR) is 186 cm³/mol. The highest BCUT2D eigenvalue weighted by molar-refractivity contribution is 9.10. The number of aliphatic hydroxyl groups excluding tert-OH is 3. The first-order valence-corrected chi connectivity index (χ1v) is 19.8. The van der Waals surface area contributed by atoms with E-state index in [1.807, 2.05) is 26.0 Å². The number of fused-ring (bicyclic) bond motifs is 12. The number of ether oxygens (including phenoxy) is 1. The Labute approximate surface area is 299 Å². The lowest BCUT2D eigenvalue weighted by Gasteiger charge is -2.52. The summed E-state index contributed by atoms with van der Waals surface area (Å²) in [5.41, 5.74) is -3.90. The molecule has 0 aliphatic carbocycles. The van der Waals surface area contributed by atoms with Crippen molar-refractivity contribution in [2.45, 2.75) is 70.7 Å². The first-order chi connectivity index (χ1) is 23.8. The number of aliphatic hydroxyl groups is 3. The van der Waals surface area contributed by atoms with Crippen LogP contribution in [0.4, 0.5) is 11.4 Å². The number of piperazine rings is 2. The predicted octanol–water partition coefficient (Wildman–Crippen LogP) is 0.511. The monoisotopic (exact) mass is 740 g/mol. The molecule has 6 fully saturated rings. The Bertz CT molecular complexity index is 1920. The molecule has 17 heteroatoms. The molecule has 0 unspecified atom stereocenters. The van der Waals surface area contributed by atoms with Gasteiger partial charge in [0.15, 0.2) is 4.87 Å². The summed E-state index contributed by atoms with van der Waals surface area (Å²) in [6, 6.07) is 13.0. The van der Waals surface area contributed by atoms with E-state index in [1.54, 1.807) is 43.4 Å². The third-order valence-corrected chi connectivity index (χ3v) is 17.9. The second-order valence-electron chi connectivity index (χ2n) is 14.3. The molecule has 8 aliphatic heterocycles. The maximum Gasteiger partial charge on any atom is 0.279 e. The number of methoxy groups -OCH3 is 1. The molecule has 10 rings (SSSR count). The Morgan fingerprint density at radius 3 is 1.94 bits per heavy atom. The smallest absolute Gasteiger partial charge is 0.279 e. The number of likely N-dealkylation sites (N-methyl/N-ethyl adjacent to an activating group) is 2. The summed E-state index contributed by atoms with van der Waals surface area (Å²) in [4.78, 5) is 61.5. The highest BCUT2D eigenvalue weighted by Gasteiger charge is 2.91. The molecule has 4 amide bonds. The molecule has 264 valence electrons. The number of hydrogen-bond donors (Lipinski definition) is 5. The van der Waals surface area contributed by atoms with Gasteiger partial charge in [-0.3, -0.25) is 29.0 Å². The Morgan fingerprint density at radius 1 is 0.820 bits per heavy atom. The van der Waals surface area contributed by atoms with Crippen molar-refractivity contribution in [2.24, 2.45) is 5.92 Å². The van der Waals surface area contributed by atoms with Gasteiger partial charge in [-0.2, -0.15) is 0 Å². The fraction of sp³-hybridized carbons (Fsp3) is 0.515. The van der Waals surface area contributed by atoms with E-state index in [0.717, 1.165) is 15.7 Å². The second-order valence-corrected chi connectivity index (χ2v) is 18.6. The van der Waals surface area contributed by atoms with Gasteiger partial charge in [-0.25, -0.2) is 0 Å². The van der Waals surface area contributed by atoms with Crippen LogP contribution >= 0.6 is 31.4 Å². The van der Waals surface area contributed by atoms with Crippen LogP contribution in [-0.4, -0.2) is 132 Å². The fourth-order valence-corrected chi connectivity index (χ4v) is 16.8. The highest BCUT2D eigenvalue weighted by atomic mass is 33.5. The molecule has 0 radical (unpaired) electrons. The molecule has 8 aliphatic rings. The highest BCUT2D eigenvalue weighted by Crippen LogP contribution is 2.76. The van der Waals surface area contributed by atoms with Crippen molar-refractivity contribution < 1.29 is 39.2 Å². The zero-order valence-corrected chi connectivity index (χ0v) is 30.1. The molecule has 2 aromatic rings. The van der Waals surface area contributed by atoms with Gasteiger partial charge >= 0.3 is 0 Å². The minimum atomic E-state index is -2.32. The number of hydrogen-bond acceptors (Lipinski definition) is 13. The quantitative estimate of drug-likeness (QED) is 0.275. The van der Waals surface area contributed by atoms with E-state index in [9.17, 15) is 24.9 Å². The van der Waals surface area contributed by atoms with Crippen LogP contribution in [0, 0.1) is 5.92 Å². The number of rotatable bonds is 4. The van der Waals surface area contributed by atoms with Crippen molar-refractivity contribution in [2.75, 3.05) is 38.4 Å². The van der Waals surface area contributed by atoms with Crippen molar-refractivity contribution in [3.8, 4) is 0 Å². The topological polar surface area (TPSA) is 175 Å². The van der Waals surface area contributed by atoms with Gasteiger partial charge in [0, 0.05) is 32.6 Å². The summed E-state index contributed by atoms with van der Waals surface area (Å²) in [5, 5.41) is 44.1. The molecule has 6 saturated heterocycles. The van der Waals surface area contributed by atoms with Crippen LogP contribution < -0.4 is 10.6 Å². The standard InChI is InChI=1S/C33H36N6O8S3/c1-15(2)32-28(46)39-25-30(17-11-7-9-13-19(17)35-25,23(43)33(39,49-50-48-32)27(45)37(32)4)29-16-10-6-8-12-18(16)34-24(29)38-21(41)20(14-40)36(3)26(44)31(38,47-5)22(29)42/h6-13,15,20,22-25,34-35,40,42-43H,14H2,1-5H3/t20-,22-,23+,24+,25+,29+,30+,31+,32+,33+/m0/s1. The molecule has 5 N–H and O–H groups in total. The third-order valence-electron chi connectivity index (χ3n) is 12.6. The third kappa shape index (κ3) is 2.95. The van der Waals surface area contributed by atoms with E-state index in [0.29, 0.717) is 22.5 Å². The summed E-state index contributed by atoms with van der Waals surface area (Å²) in [6.45, 7) is 3.08. The number of anilines is 2. The van der Waals surface area contributed by atoms with Crippen molar-refractivity contribution in [3.05, 3.63) is 59.7 Å². The molecule has 0 saturated carbocycles. The average Bonchev–Trinajstić information content (AvgIpc) is 3.70. The van der Waals surface area contributed by atoms with Crippen LogP contribution in [0.25, 0.3) is 0 Å². The van der Waals surface area contributed by atoms with Crippen LogP contribution in [0.1, 0.15) is 25.0 Å². The van der Waals surface area contributed by atoms with Crippen molar-refractivity contribution in [1.82, 2.24) is 19.6 Å². The zero-order valence-electron chi connectivity index (χ0n) is 27.7. The van der Waals surface area contributed by atoms with Gasteiger partial charge in [0.1, 0.15) is 30.6 Å². The number of nitrogens with one attached hydrogen (secondary N) is 2. The Hall–Kier alpha value is -3.19. The second kappa shape index (κ2) is 10.0. The Morgan fingerprint density at radius 2 is 1.38 bits per heavy atom. The first kappa shape index (κ1) is 32.7. The van der Waals surface area contributed by atoms with Gasteiger partial charge in [-0.15, -0.1) is 0 Å². The number of carbonyl (C=O) groups is 4. The summed E-state index contributed by atoms with van der Waals surface area (Å²) >= 11 is 0. The summed E-state index contributed by atoms with van der Waals surface area (Å²) < 4.78 is 6.04. The van der Waals surface area contributed by atoms with Crippen molar-refractivity contribution >= 4 is 66.4 Å². The summed E-state index contributed by atoms with van der Waals surface area (Å²) in [6.07, 6.45) is -6.00. The minimum absolute atomic E-state index is 0.335. The molecule has 10 atom stereocenters. The molecule has 2 bridgehead atoms. The number of para-hydroxylation sites is 2. The fourth-order valence-electron chi connectivity index (χ4n) is 10.5. The zero-order chi connectivity index (χ0) is 35.5. The largest absolute Gasteiger partial charge is 0.394 e. The van der Waals surface area contributed by atoms with E-state index in [-0.39, 0.29) is 11.8 Å². The van der Waals surface area contributed by atoms with Crippen molar-refractivity contribution in [3.63, 3.8) is 0 Å². The van der Waals surface area contributed by atoms with Crippen LogP contribution in [-0.2, 0) is 34.7 Å². The lowest BCUT2D eigenvalue weighted by molar-refractivity contribution is -0.218. The molecule has 50 heavy (non-hydrogen) atoms. The Balaban J connectivity index is 1.43. The van der Waals surface area contributed by atoms with Crippen LogP contribution in [0.3, 0.4) is 0 Å². The summed E-state index contributed by atoms with van der Waals surface area (Å²) in [5.74, 6) is -2.63. The Kier molecular flexibility index (Phi) is 6.55. The van der Waals surface area contributed by atoms with Gasteiger partial charge in [-0.1, -0.05) is 50.2 Å². The molecular weight excluding hydrogens is 705 g/mol. The number of nitrogens with zero attached hydrogens (tertiary/aromatic N) is 4. The van der Waals surface area contributed by atoms with E-state index in [4.69, 9.17) is 4.74 Å². The summed E-state index contributed by atoms with van der Waals surface area (Å²) in [7, 11) is 7.85. The average molecular weight is 741 g/mol.